The third kappa shape index (κ3) is 2.97. The van der Waals surface area contributed by atoms with E-state index in [9.17, 15) is 4.79 Å². The zero-order valence-corrected chi connectivity index (χ0v) is 11.3. The Kier molecular flexibility index (Phi) is 4.41. The molecule has 1 unspecified atom stereocenters. The Hall–Kier alpha value is -0.0600. The average Bonchev–Trinajstić information content (AvgIpc) is 2.14. The van der Waals surface area contributed by atoms with Gasteiger partial charge in [0.05, 0.1) is 0 Å². The second kappa shape index (κ2) is 5.14. The van der Waals surface area contributed by atoms with Crippen molar-refractivity contribution in [3.8, 4) is 0 Å². The lowest BCUT2D eigenvalue weighted by atomic mass is 10.1. The van der Waals surface area contributed by atoms with Gasteiger partial charge in [0.25, 0.3) is 0 Å². The molecule has 1 aromatic carbocycles. The van der Waals surface area contributed by atoms with Gasteiger partial charge < -0.3 is 5.32 Å². The summed E-state index contributed by atoms with van der Waals surface area (Å²) in [5, 5.41) is 1.84. The van der Waals surface area contributed by atoms with Gasteiger partial charge in [-0.3, -0.25) is 4.79 Å². The number of amides is 1. The maximum absolute atomic E-state index is 11.3. The first-order chi connectivity index (χ1) is 6.54. The van der Waals surface area contributed by atoms with Crippen molar-refractivity contribution >= 4 is 49.4 Å². The summed E-state index contributed by atoms with van der Waals surface area (Å²) in [6, 6.07) is 5.52. The van der Waals surface area contributed by atoms with Crippen LogP contribution in [0.25, 0.3) is 0 Å². The minimum atomic E-state index is -0.659. The standard InChI is InChI=1S/C9H8Br2ClNO/c1-13-9(14)8(12)5-2-6(10)4-7(11)3-5/h2-4,8H,1H3,(H,13,14). The van der Waals surface area contributed by atoms with Crippen LogP contribution < -0.4 is 5.32 Å². The van der Waals surface area contributed by atoms with E-state index in [1.807, 2.05) is 18.2 Å². The SMILES string of the molecule is CNC(=O)C(Cl)c1cc(Br)cc(Br)c1. The van der Waals surface area contributed by atoms with Crippen molar-refractivity contribution in [2.75, 3.05) is 7.05 Å². The third-order valence-corrected chi connectivity index (χ3v) is 3.02. The van der Waals surface area contributed by atoms with Crippen LogP contribution in [0.5, 0.6) is 0 Å². The molecule has 0 saturated heterocycles. The van der Waals surface area contributed by atoms with Gasteiger partial charge in [0.1, 0.15) is 5.38 Å². The number of alkyl halides is 1. The molecule has 0 heterocycles. The molecule has 1 N–H and O–H groups in total. The van der Waals surface area contributed by atoms with Crippen molar-refractivity contribution in [3.63, 3.8) is 0 Å². The molecular weight excluding hydrogens is 333 g/mol. The van der Waals surface area contributed by atoms with Crippen LogP contribution in [0, 0.1) is 0 Å². The predicted molar refractivity (Wildman–Crippen MR) is 64.5 cm³/mol. The van der Waals surface area contributed by atoms with Crippen LogP contribution in [0.1, 0.15) is 10.9 Å². The second-order valence-corrected chi connectivity index (χ2v) is 4.95. The smallest absolute Gasteiger partial charge is 0.242 e. The Labute approximate surface area is 104 Å². The van der Waals surface area contributed by atoms with Crippen LogP contribution in [0.4, 0.5) is 0 Å². The molecular formula is C9H8Br2ClNO. The van der Waals surface area contributed by atoms with Crippen LogP contribution in [0.3, 0.4) is 0 Å². The molecule has 0 fully saturated rings. The molecule has 1 aromatic rings. The average molecular weight is 341 g/mol. The number of halogens is 3. The highest BCUT2D eigenvalue weighted by Crippen LogP contribution is 2.27. The summed E-state index contributed by atoms with van der Waals surface area (Å²) in [5.74, 6) is -0.211. The lowest BCUT2D eigenvalue weighted by Gasteiger charge is -2.09. The Bertz CT molecular complexity index is 336. The molecule has 2 nitrogen and oxygen atoms in total. The van der Waals surface area contributed by atoms with Crippen molar-refractivity contribution in [1.82, 2.24) is 5.32 Å². The number of hydrogen-bond acceptors (Lipinski definition) is 1. The molecule has 0 radical (unpaired) electrons. The highest BCUT2D eigenvalue weighted by Gasteiger charge is 2.16. The zero-order valence-electron chi connectivity index (χ0n) is 7.35. The van der Waals surface area contributed by atoms with Crippen LogP contribution in [0.15, 0.2) is 27.1 Å². The molecule has 14 heavy (non-hydrogen) atoms. The van der Waals surface area contributed by atoms with Gasteiger partial charge in [-0.05, 0) is 23.8 Å². The molecule has 0 spiro atoms. The molecule has 5 heteroatoms. The van der Waals surface area contributed by atoms with E-state index in [0.29, 0.717) is 0 Å². The fraction of sp³-hybridized carbons (Fsp3) is 0.222. The molecule has 0 aliphatic rings. The van der Waals surface area contributed by atoms with E-state index >= 15 is 0 Å². The van der Waals surface area contributed by atoms with Gasteiger partial charge in [0.2, 0.25) is 5.91 Å². The van der Waals surface area contributed by atoms with Crippen molar-refractivity contribution in [1.29, 1.82) is 0 Å². The zero-order chi connectivity index (χ0) is 10.7. The summed E-state index contributed by atoms with van der Waals surface area (Å²) in [4.78, 5) is 11.3. The number of nitrogens with one attached hydrogen (secondary N) is 1. The summed E-state index contributed by atoms with van der Waals surface area (Å²) in [6.45, 7) is 0. The number of likely N-dealkylation sites (N-methyl/N-ethyl adjacent to an activating group) is 1. The summed E-state index contributed by atoms with van der Waals surface area (Å²) in [5.41, 5.74) is 0.757. The number of hydrogen-bond donors (Lipinski definition) is 1. The largest absolute Gasteiger partial charge is 0.358 e. The van der Waals surface area contributed by atoms with Crippen molar-refractivity contribution in [3.05, 3.63) is 32.7 Å². The molecule has 0 aromatic heterocycles. The van der Waals surface area contributed by atoms with Gasteiger partial charge in [-0.25, -0.2) is 0 Å². The Morgan fingerprint density at radius 2 is 1.86 bits per heavy atom. The van der Waals surface area contributed by atoms with E-state index in [4.69, 9.17) is 11.6 Å². The summed E-state index contributed by atoms with van der Waals surface area (Å²) < 4.78 is 1.77. The third-order valence-electron chi connectivity index (χ3n) is 1.65. The van der Waals surface area contributed by atoms with Crippen LogP contribution in [0.2, 0.25) is 0 Å². The molecule has 1 amide bonds. The van der Waals surface area contributed by atoms with Gasteiger partial charge in [0.15, 0.2) is 0 Å². The number of benzene rings is 1. The van der Waals surface area contributed by atoms with Crippen molar-refractivity contribution in [2.24, 2.45) is 0 Å². The van der Waals surface area contributed by atoms with Gasteiger partial charge in [0, 0.05) is 16.0 Å². The fourth-order valence-electron chi connectivity index (χ4n) is 1.000. The van der Waals surface area contributed by atoms with Gasteiger partial charge in [-0.15, -0.1) is 11.6 Å². The highest BCUT2D eigenvalue weighted by molar-refractivity contribution is 9.11. The first-order valence-electron chi connectivity index (χ1n) is 3.86. The predicted octanol–water partition coefficient (Wildman–Crippen LogP) is 3.24. The fourth-order valence-corrected chi connectivity index (χ4v) is 2.56. The van der Waals surface area contributed by atoms with Crippen LogP contribution >= 0.6 is 43.5 Å². The lowest BCUT2D eigenvalue weighted by molar-refractivity contribution is -0.120. The minimum Gasteiger partial charge on any atom is -0.358 e. The topological polar surface area (TPSA) is 29.1 Å². The minimum absolute atomic E-state index is 0.211. The van der Waals surface area contributed by atoms with Crippen LogP contribution in [-0.2, 0) is 4.79 Å². The van der Waals surface area contributed by atoms with E-state index in [2.05, 4.69) is 37.2 Å². The van der Waals surface area contributed by atoms with E-state index < -0.39 is 5.38 Å². The molecule has 1 rings (SSSR count). The maximum Gasteiger partial charge on any atom is 0.242 e. The Morgan fingerprint density at radius 3 is 2.29 bits per heavy atom. The van der Waals surface area contributed by atoms with E-state index in [0.717, 1.165) is 14.5 Å². The quantitative estimate of drug-likeness (QED) is 0.822. The molecule has 0 bridgehead atoms. The molecule has 0 saturated carbocycles. The number of carbonyl (C=O) groups is 1. The summed E-state index contributed by atoms with van der Waals surface area (Å²) in [7, 11) is 1.56. The van der Waals surface area contributed by atoms with Gasteiger partial charge >= 0.3 is 0 Å². The van der Waals surface area contributed by atoms with Gasteiger partial charge in [-0.2, -0.15) is 0 Å². The van der Waals surface area contributed by atoms with E-state index in [1.165, 1.54) is 0 Å². The van der Waals surface area contributed by atoms with E-state index in [-0.39, 0.29) is 5.91 Å². The Morgan fingerprint density at radius 1 is 1.36 bits per heavy atom. The maximum atomic E-state index is 11.3. The monoisotopic (exact) mass is 339 g/mol. The second-order valence-electron chi connectivity index (χ2n) is 2.68. The lowest BCUT2D eigenvalue weighted by Crippen LogP contribution is -2.22. The summed E-state index contributed by atoms with van der Waals surface area (Å²) in [6.07, 6.45) is 0. The first-order valence-corrected chi connectivity index (χ1v) is 5.88. The Balaban J connectivity index is 3.00. The first kappa shape index (κ1) is 12.0. The number of rotatable bonds is 2. The molecule has 0 aliphatic carbocycles. The highest BCUT2D eigenvalue weighted by atomic mass is 79.9. The van der Waals surface area contributed by atoms with Gasteiger partial charge in [-0.1, -0.05) is 31.9 Å². The molecule has 0 aliphatic heterocycles. The normalized spacial score (nSPS) is 12.3. The number of carbonyl (C=O) groups excluding carboxylic acids is 1. The molecule has 76 valence electrons. The van der Waals surface area contributed by atoms with E-state index in [1.54, 1.807) is 7.05 Å². The molecule has 1 atom stereocenters. The van der Waals surface area contributed by atoms with Crippen molar-refractivity contribution in [2.45, 2.75) is 5.38 Å². The van der Waals surface area contributed by atoms with Crippen LogP contribution in [-0.4, -0.2) is 13.0 Å². The summed E-state index contributed by atoms with van der Waals surface area (Å²) >= 11 is 12.6. The van der Waals surface area contributed by atoms with Crippen molar-refractivity contribution < 1.29 is 4.79 Å².